The van der Waals surface area contributed by atoms with Crippen molar-refractivity contribution in [2.24, 2.45) is 10.8 Å². The maximum Gasteiger partial charge on any atom is 0.501 e. The van der Waals surface area contributed by atoms with Crippen LogP contribution in [0.15, 0.2) is 0 Å². The first-order valence-electron chi connectivity index (χ1n) is 13.3. The van der Waals surface area contributed by atoms with Crippen molar-refractivity contribution in [3.8, 4) is 0 Å². The summed E-state index contributed by atoms with van der Waals surface area (Å²) in [6.07, 6.45) is -1.57. The Bertz CT molecular complexity index is 487. The molecule has 0 aromatic heterocycles. The molecule has 0 saturated carbocycles. The fourth-order valence-electron chi connectivity index (χ4n) is 3.93. The number of hydrogen-bond acceptors (Lipinski definition) is 8. The zero-order chi connectivity index (χ0) is 27.2. The Balaban J connectivity index is 5.19. The average molecular weight is 589 g/mol. The zero-order valence-electron chi connectivity index (χ0n) is 24.8. The normalized spacial score (nSPS) is 14.1. The SMILES string of the molecule is CCO[Si](CC(C)(C)CS[Si](C)(C)SCC(C)(C)C[Si](OCC)(OCC)OCC)(OCC)OCC. The van der Waals surface area contributed by atoms with Gasteiger partial charge in [-0.15, -0.1) is 0 Å². The molecule has 0 aromatic carbocycles. The van der Waals surface area contributed by atoms with Crippen LogP contribution in [0.2, 0.25) is 25.2 Å². The minimum Gasteiger partial charge on any atom is -0.374 e. The summed E-state index contributed by atoms with van der Waals surface area (Å²) in [4.78, 5) is 0. The molecule has 0 heterocycles. The van der Waals surface area contributed by atoms with E-state index in [9.17, 15) is 0 Å². The van der Waals surface area contributed by atoms with E-state index in [4.69, 9.17) is 26.6 Å². The van der Waals surface area contributed by atoms with Gasteiger partial charge in [-0.2, -0.15) is 22.4 Å². The van der Waals surface area contributed by atoms with Gasteiger partial charge in [0.2, 0.25) is 0 Å². The van der Waals surface area contributed by atoms with Gasteiger partial charge in [-0.25, -0.2) is 0 Å². The molecule has 0 fully saturated rings. The van der Waals surface area contributed by atoms with Gasteiger partial charge in [0, 0.05) is 51.7 Å². The predicted octanol–water partition coefficient (Wildman–Crippen LogP) is 7.30. The third kappa shape index (κ3) is 14.7. The molecule has 0 aliphatic rings. The van der Waals surface area contributed by atoms with E-state index in [2.05, 4.69) is 63.2 Å². The van der Waals surface area contributed by atoms with Crippen LogP contribution < -0.4 is 0 Å². The Hall–Kier alpha value is 1.11. The molecule has 0 radical (unpaired) electrons. The van der Waals surface area contributed by atoms with Gasteiger partial charge in [0.25, 0.3) is 0 Å². The highest BCUT2D eigenvalue weighted by Crippen LogP contribution is 2.43. The van der Waals surface area contributed by atoms with Crippen molar-refractivity contribution in [3.05, 3.63) is 0 Å². The number of hydrogen-bond donors (Lipinski definition) is 0. The second-order valence-electron chi connectivity index (χ2n) is 10.6. The standard InChI is InChI=1S/C24H56O6S2Si3/c1-13-25-34(26-14-2,27-15-3)21-23(7,8)19-31-33(11,12)32-20-24(9,10)22-35(28-16-4,29-17-5)30-18-6/h13-22H2,1-12H3. The van der Waals surface area contributed by atoms with Gasteiger partial charge in [0.1, 0.15) is 0 Å². The van der Waals surface area contributed by atoms with Crippen molar-refractivity contribution in [1.82, 2.24) is 0 Å². The molecule has 0 bridgehead atoms. The summed E-state index contributed by atoms with van der Waals surface area (Å²) < 4.78 is 36.8. The first-order valence-corrected chi connectivity index (χ1v) is 23.6. The summed E-state index contributed by atoms with van der Waals surface area (Å²) in [5.41, 5.74) is 0.134. The quantitative estimate of drug-likeness (QED) is 0.122. The Labute approximate surface area is 228 Å². The van der Waals surface area contributed by atoms with E-state index in [0.29, 0.717) is 39.6 Å². The highest BCUT2D eigenvalue weighted by molar-refractivity contribution is 8.58. The summed E-state index contributed by atoms with van der Waals surface area (Å²) in [6.45, 7) is 30.1. The van der Waals surface area contributed by atoms with Gasteiger partial charge in [-0.3, -0.25) is 0 Å². The Morgan fingerprint density at radius 1 is 0.486 bits per heavy atom. The lowest BCUT2D eigenvalue weighted by Gasteiger charge is -2.38. The Kier molecular flexibility index (Phi) is 17.5. The van der Waals surface area contributed by atoms with Crippen molar-refractivity contribution >= 4 is 46.4 Å². The van der Waals surface area contributed by atoms with Crippen LogP contribution in [0, 0.1) is 10.8 Å². The molecule has 0 atom stereocenters. The van der Waals surface area contributed by atoms with Crippen LogP contribution >= 0.6 is 22.4 Å². The average Bonchev–Trinajstić information content (AvgIpc) is 2.72. The van der Waals surface area contributed by atoms with E-state index in [1.807, 2.05) is 41.5 Å². The molecule has 0 unspecified atom stereocenters. The fourth-order valence-corrected chi connectivity index (χ4v) is 18.9. The topological polar surface area (TPSA) is 55.4 Å². The molecular weight excluding hydrogens is 533 g/mol. The smallest absolute Gasteiger partial charge is 0.374 e. The highest BCUT2D eigenvalue weighted by Gasteiger charge is 2.47. The lowest BCUT2D eigenvalue weighted by atomic mass is 10.00. The molecule has 0 N–H and O–H groups in total. The van der Waals surface area contributed by atoms with Gasteiger partial charge in [0.05, 0.1) is 0 Å². The van der Waals surface area contributed by atoms with Crippen LogP contribution in [0.3, 0.4) is 0 Å². The van der Waals surface area contributed by atoms with Crippen LogP contribution in [0.5, 0.6) is 0 Å². The highest BCUT2D eigenvalue weighted by atomic mass is 32.6. The molecule has 11 heteroatoms. The Morgan fingerprint density at radius 2 is 0.714 bits per heavy atom. The first-order chi connectivity index (χ1) is 16.2. The monoisotopic (exact) mass is 588 g/mol. The lowest BCUT2D eigenvalue weighted by Crippen LogP contribution is -2.50. The molecule has 0 spiro atoms. The van der Waals surface area contributed by atoms with E-state index in [0.717, 1.165) is 23.6 Å². The van der Waals surface area contributed by atoms with E-state index >= 15 is 0 Å². The van der Waals surface area contributed by atoms with Gasteiger partial charge in [0.15, 0.2) is 6.37 Å². The summed E-state index contributed by atoms with van der Waals surface area (Å²) in [5.74, 6) is 2.13. The molecule has 0 aromatic rings. The summed E-state index contributed by atoms with van der Waals surface area (Å²) >= 11 is 4.29. The van der Waals surface area contributed by atoms with Crippen LogP contribution in [-0.2, 0) is 26.6 Å². The second kappa shape index (κ2) is 16.9. The van der Waals surface area contributed by atoms with Crippen molar-refractivity contribution in [2.75, 3.05) is 51.1 Å². The van der Waals surface area contributed by atoms with Gasteiger partial charge < -0.3 is 26.6 Å². The van der Waals surface area contributed by atoms with E-state index in [1.54, 1.807) is 0 Å². The largest absolute Gasteiger partial charge is 0.501 e. The fraction of sp³-hybridized carbons (Fsp3) is 1.00. The second-order valence-corrected chi connectivity index (χ2v) is 28.4. The van der Waals surface area contributed by atoms with Crippen LogP contribution in [-0.4, -0.2) is 75.1 Å². The molecule has 212 valence electrons. The maximum atomic E-state index is 6.14. The molecule has 0 aliphatic heterocycles. The lowest BCUT2D eigenvalue weighted by molar-refractivity contribution is 0.0624. The van der Waals surface area contributed by atoms with Gasteiger partial charge in [-0.05, 0) is 63.9 Å². The molecule has 0 aliphatic carbocycles. The first kappa shape index (κ1) is 36.1. The van der Waals surface area contributed by atoms with Crippen molar-refractivity contribution in [1.29, 1.82) is 0 Å². The molecule has 0 amide bonds. The molecule has 35 heavy (non-hydrogen) atoms. The zero-order valence-corrected chi connectivity index (χ0v) is 29.5. The van der Waals surface area contributed by atoms with Crippen molar-refractivity contribution in [3.63, 3.8) is 0 Å². The van der Waals surface area contributed by atoms with Gasteiger partial charge >= 0.3 is 17.6 Å². The molecular formula is C24H56O6S2Si3. The Morgan fingerprint density at radius 3 is 0.914 bits per heavy atom. The van der Waals surface area contributed by atoms with E-state index in [-0.39, 0.29) is 10.8 Å². The van der Waals surface area contributed by atoms with Crippen LogP contribution in [0.4, 0.5) is 0 Å². The van der Waals surface area contributed by atoms with Crippen molar-refractivity contribution in [2.45, 2.75) is 94.4 Å². The minimum atomic E-state index is -2.67. The molecule has 6 nitrogen and oxygen atoms in total. The van der Waals surface area contributed by atoms with Crippen LogP contribution in [0.1, 0.15) is 69.2 Å². The minimum absolute atomic E-state index is 0.0672. The molecule has 0 rings (SSSR count). The van der Waals surface area contributed by atoms with Crippen molar-refractivity contribution < 1.29 is 26.6 Å². The van der Waals surface area contributed by atoms with E-state index < -0.39 is 24.0 Å². The predicted molar refractivity (Wildman–Crippen MR) is 161 cm³/mol. The number of rotatable bonds is 22. The van der Waals surface area contributed by atoms with E-state index in [1.165, 1.54) is 0 Å². The summed E-state index contributed by atoms with van der Waals surface area (Å²) in [6, 6.07) is 1.68. The van der Waals surface area contributed by atoms with Gasteiger partial charge in [-0.1, -0.05) is 40.8 Å². The maximum absolute atomic E-state index is 6.14. The molecule has 0 saturated heterocycles. The summed E-state index contributed by atoms with van der Waals surface area (Å²) in [7, 11) is -5.34. The summed E-state index contributed by atoms with van der Waals surface area (Å²) in [5, 5.41) is 0. The third-order valence-corrected chi connectivity index (χ3v) is 22.7. The van der Waals surface area contributed by atoms with Crippen LogP contribution in [0.25, 0.3) is 0 Å². The third-order valence-electron chi connectivity index (χ3n) is 5.20.